The molecule has 0 saturated heterocycles. The van der Waals surface area contributed by atoms with Crippen LogP contribution in [0.25, 0.3) is 0 Å². The SMILES string of the molecule is CCCCCCCCCCC(O)CCC(O)=C(C)C. The molecule has 0 fully saturated rings. The minimum atomic E-state index is -0.249. The number of hydrogen-bond donors (Lipinski definition) is 2. The molecule has 2 heteroatoms. The maximum atomic E-state index is 9.82. The largest absolute Gasteiger partial charge is 0.512 e. The van der Waals surface area contributed by atoms with E-state index in [-0.39, 0.29) is 6.10 Å². The van der Waals surface area contributed by atoms with Crippen LogP contribution in [0.3, 0.4) is 0 Å². The van der Waals surface area contributed by atoms with E-state index in [1.807, 2.05) is 13.8 Å². The van der Waals surface area contributed by atoms with Gasteiger partial charge in [-0.15, -0.1) is 0 Å². The lowest BCUT2D eigenvalue weighted by atomic mass is 10.0. The Morgan fingerprint density at radius 1 is 0.842 bits per heavy atom. The van der Waals surface area contributed by atoms with Gasteiger partial charge in [-0.25, -0.2) is 0 Å². The van der Waals surface area contributed by atoms with E-state index in [1.165, 1.54) is 44.9 Å². The van der Waals surface area contributed by atoms with Crippen molar-refractivity contribution in [2.24, 2.45) is 0 Å². The maximum Gasteiger partial charge on any atom is 0.0909 e. The van der Waals surface area contributed by atoms with Crippen molar-refractivity contribution in [2.75, 3.05) is 0 Å². The lowest BCUT2D eigenvalue weighted by Gasteiger charge is -2.10. The van der Waals surface area contributed by atoms with E-state index < -0.39 is 0 Å². The van der Waals surface area contributed by atoms with Crippen LogP contribution in [0.15, 0.2) is 11.3 Å². The molecule has 0 bridgehead atoms. The Morgan fingerprint density at radius 2 is 1.37 bits per heavy atom. The molecule has 0 aliphatic heterocycles. The van der Waals surface area contributed by atoms with Crippen LogP contribution in [-0.2, 0) is 0 Å². The Labute approximate surface area is 119 Å². The van der Waals surface area contributed by atoms with Gasteiger partial charge < -0.3 is 10.2 Å². The zero-order chi connectivity index (χ0) is 14.5. The van der Waals surface area contributed by atoms with Gasteiger partial charge in [0.15, 0.2) is 0 Å². The summed E-state index contributed by atoms with van der Waals surface area (Å²) in [6.45, 7) is 6.05. The van der Waals surface area contributed by atoms with Crippen LogP contribution in [0.4, 0.5) is 0 Å². The van der Waals surface area contributed by atoms with Gasteiger partial charge in [0.2, 0.25) is 0 Å². The Kier molecular flexibility index (Phi) is 12.2. The highest BCUT2D eigenvalue weighted by Crippen LogP contribution is 2.15. The Morgan fingerprint density at radius 3 is 1.89 bits per heavy atom. The van der Waals surface area contributed by atoms with Gasteiger partial charge in [0.05, 0.1) is 11.9 Å². The first-order valence-electron chi connectivity index (χ1n) is 8.11. The fraction of sp³-hybridized carbons (Fsp3) is 0.882. The molecule has 114 valence electrons. The third kappa shape index (κ3) is 12.3. The highest BCUT2D eigenvalue weighted by atomic mass is 16.3. The van der Waals surface area contributed by atoms with E-state index in [1.54, 1.807) is 0 Å². The third-order valence-electron chi connectivity index (χ3n) is 3.68. The first-order valence-corrected chi connectivity index (χ1v) is 8.11. The molecule has 0 saturated carbocycles. The van der Waals surface area contributed by atoms with Gasteiger partial charge in [-0.05, 0) is 32.3 Å². The van der Waals surface area contributed by atoms with Gasteiger partial charge in [-0.2, -0.15) is 0 Å². The average Bonchev–Trinajstić information content (AvgIpc) is 2.38. The fourth-order valence-corrected chi connectivity index (χ4v) is 2.21. The molecule has 1 atom stereocenters. The number of hydrogen-bond acceptors (Lipinski definition) is 2. The van der Waals surface area contributed by atoms with Gasteiger partial charge in [0.1, 0.15) is 0 Å². The number of allylic oxidation sites excluding steroid dienone is 2. The van der Waals surface area contributed by atoms with Crippen LogP contribution in [0.1, 0.15) is 91.4 Å². The van der Waals surface area contributed by atoms with E-state index in [0.717, 1.165) is 18.4 Å². The van der Waals surface area contributed by atoms with Crippen molar-refractivity contribution < 1.29 is 10.2 Å². The van der Waals surface area contributed by atoms with Crippen molar-refractivity contribution in [1.82, 2.24) is 0 Å². The Hall–Kier alpha value is -0.500. The van der Waals surface area contributed by atoms with Crippen LogP contribution >= 0.6 is 0 Å². The summed E-state index contributed by atoms with van der Waals surface area (Å²) < 4.78 is 0. The molecule has 0 aromatic heterocycles. The topological polar surface area (TPSA) is 40.5 Å². The predicted molar refractivity (Wildman–Crippen MR) is 83.5 cm³/mol. The second kappa shape index (κ2) is 12.5. The fourth-order valence-electron chi connectivity index (χ4n) is 2.21. The molecular formula is C17H34O2. The van der Waals surface area contributed by atoms with E-state index in [0.29, 0.717) is 18.6 Å². The molecule has 0 aromatic carbocycles. The van der Waals surface area contributed by atoms with Gasteiger partial charge in [-0.1, -0.05) is 58.3 Å². The first kappa shape index (κ1) is 18.5. The van der Waals surface area contributed by atoms with E-state index in [4.69, 9.17) is 0 Å². The van der Waals surface area contributed by atoms with Gasteiger partial charge >= 0.3 is 0 Å². The summed E-state index contributed by atoms with van der Waals surface area (Å²) in [7, 11) is 0. The number of rotatable bonds is 12. The Bertz CT molecular complexity index is 229. The standard InChI is InChI=1S/C17H34O2/c1-4-5-6-7-8-9-10-11-12-16(18)13-14-17(19)15(2)3/h16,18-19H,4-14H2,1-3H3. The molecule has 0 aliphatic carbocycles. The summed E-state index contributed by atoms with van der Waals surface area (Å²) in [4.78, 5) is 0. The maximum absolute atomic E-state index is 9.82. The van der Waals surface area contributed by atoms with Gasteiger partial charge in [-0.3, -0.25) is 0 Å². The summed E-state index contributed by atoms with van der Waals surface area (Å²) in [5, 5.41) is 19.4. The monoisotopic (exact) mass is 270 g/mol. The number of unbranched alkanes of at least 4 members (excludes halogenated alkanes) is 7. The third-order valence-corrected chi connectivity index (χ3v) is 3.68. The van der Waals surface area contributed by atoms with Crippen LogP contribution in [-0.4, -0.2) is 16.3 Å². The molecule has 19 heavy (non-hydrogen) atoms. The van der Waals surface area contributed by atoms with Crippen LogP contribution < -0.4 is 0 Å². The van der Waals surface area contributed by atoms with Crippen molar-refractivity contribution in [3.05, 3.63) is 11.3 Å². The molecule has 2 nitrogen and oxygen atoms in total. The van der Waals surface area contributed by atoms with Crippen LogP contribution in [0, 0.1) is 0 Å². The molecule has 0 rings (SSSR count). The van der Waals surface area contributed by atoms with E-state index in [2.05, 4.69) is 6.92 Å². The molecule has 0 amide bonds. The lowest BCUT2D eigenvalue weighted by Crippen LogP contribution is -2.06. The molecule has 0 spiro atoms. The molecule has 0 radical (unpaired) electrons. The van der Waals surface area contributed by atoms with Crippen molar-refractivity contribution in [3.63, 3.8) is 0 Å². The van der Waals surface area contributed by atoms with Crippen molar-refractivity contribution >= 4 is 0 Å². The van der Waals surface area contributed by atoms with Crippen LogP contribution in [0.5, 0.6) is 0 Å². The van der Waals surface area contributed by atoms with Crippen molar-refractivity contribution in [3.8, 4) is 0 Å². The zero-order valence-electron chi connectivity index (χ0n) is 13.2. The van der Waals surface area contributed by atoms with Crippen molar-refractivity contribution in [2.45, 2.75) is 97.5 Å². The summed E-state index contributed by atoms with van der Waals surface area (Å²) in [5.41, 5.74) is 0.958. The smallest absolute Gasteiger partial charge is 0.0909 e. The van der Waals surface area contributed by atoms with Crippen molar-refractivity contribution in [1.29, 1.82) is 0 Å². The van der Waals surface area contributed by atoms with E-state index >= 15 is 0 Å². The minimum absolute atomic E-state index is 0.249. The lowest BCUT2D eigenvalue weighted by molar-refractivity contribution is 0.146. The molecule has 0 heterocycles. The number of aliphatic hydroxyl groups is 2. The summed E-state index contributed by atoms with van der Waals surface area (Å²) in [5.74, 6) is 0.440. The highest BCUT2D eigenvalue weighted by molar-refractivity contribution is 5.00. The van der Waals surface area contributed by atoms with E-state index in [9.17, 15) is 10.2 Å². The minimum Gasteiger partial charge on any atom is -0.512 e. The highest BCUT2D eigenvalue weighted by Gasteiger charge is 2.06. The zero-order valence-corrected chi connectivity index (χ0v) is 13.2. The molecule has 2 N–H and O–H groups in total. The molecule has 1 unspecified atom stereocenters. The normalized spacial score (nSPS) is 12.4. The molecule has 0 aliphatic rings. The first-order chi connectivity index (χ1) is 9.07. The molecule has 0 aromatic rings. The summed E-state index contributed by atoms with van der Waals surface area (Å²) >= 11 is 0. The van der Waals surface area contributed by atoms with Gasteiger partial charge in [0.25, 0.3) is 0 Å². The summed E-state index contributed by atoms with van der Waals surface area (Å²) in [6.07, 6.45) is 12.3. The van der Waals surface area contributed by atoms with Crippen LogP contribution in [0.2, 0.25) is 0 Å². The number of aliphatic hydroxyl groups excluding tert-OH is 2. The predicted octanol–water partition coefficient (Wildman–Crippen LogP) is 5.51. The average molecular weight is 270 g/mol. The van der Waals surface area contributed by atoms with Gasteiger partial charge in [0, 0.05) is 6.42 Å². The Balaban J connectivity index is 3.34. The summed E-state index contributed by atoms with van der Waals surface area (Å²) in [6, 6.07) is 0. The second-order valence-corrected chi connectivity index (χ2v) is 5.90. The molecular weight excluding hydrogens is 236 g/mol. The quantitative estimate of drug-likeness (QED) is 0.362. The second-order valence-electron chi connectivity index (χ2n) is 5.90.